The van der Waals surface area contributed by atoms with Crippen molar-refractivity contribution < 1.29 is 17.7 Å². The Hall–Kier alpha value is -8.52. The zero-order valence-electron chi connectivity index (χ0n) is 34.7. The normalized spacial score (nSPS) is 12.3. The zero-order chi connectivity index (χ0) is 42.6. The molecular formula is C58H34N2O4Si. The van der Waals surface area contributed by atoms with Gasteiger partial charge in [-0.25, -0.2) is 0 Å². The van der Waals surface area contributed by atoms with E-state index in [-0.39, 0.29) is 0 Å². The molecule has 0 aliphatic heterocycles. The average molecular weight is 851 g/mol. The van der Waals surface area contributed by atoms with Crippen LogP contribution in [0, 0.1) is 0 Å². The second kappa shape index (κ2) is 13.7. The largest absolute Gasteiger partial charge is 0.455 e. The Bertz CT molecular complexity index is 3930. The third-order valence-electron chi connectivity index (χ3n) is 13.4. The lowest BCUT2D eigenvalue weighted by Crippen LogP contribution is -2.75. The van der Waals surface area contributed by atoms with Gasteiger partial charge in [0.2, 0.25) is 8.07 Å². The monoisotopic (exact) mass is 850 g/mol. The zero-order valence-corrected chi connectivity index (χ0v) is 35.7. The van der Waals surface area contributed by atoms with Crippen molar-refractivity contribution in [1.29, 1.82) is 0 Å². The summed E-state index contributed by atoms with van der Waals surface area (Å²) in [5, 5.41) is 12.5. The molecule has 65 heavy (non-hydrogen) atoms. The molecule has 0 aliphatic rings. The minimum absolute atomic E-state index is 0.700. The first-order chi connectivity index (χ1) is 32.3. The van der Waals surface area contributed by atoms with Gasteiger partial charge in [-0.2, -0.15) is 0 Å². The molecule has 0 saturated heterocycles. The summed E-state index contributed by atoms with van der Waals surface area (Å²) < 4.78 is 27.8. The van der Waals surface area contributed by atoms with E-state index >= 15 is 0 Å². The first kappa shape index (κ1) is 36.0. The number of furan rings is 4. The number of benzene rings is 8. The van der Waals surface area contributed by atoms with Crippen LogP contribution in [0.25, 0.3) is 110 Å². The predicted molar refractivity (Wildman–Crippen MR) is 266 cm³/mol. The van der Waals surface area contributed by atoms with E-state index in [0.717, 1.165) is 125 Å². The lowest BCUT2D eigenvalue weighted by Gasteiger charge is -2.33. The van der Waals surface area contributed by atoms with Gasteiger partial charge in [-0.15, -0.1) is 0 Å². The third-order valence-corrected chi connectivity index (χ3v) is 18.0. The molecule has 0 N–H and O–H groups in total. The molecule has 7 heteroatoms. The Labute approximate surface area is 371 Å². The molecule has 0 fully saturated rings. The summed E-state index contributed by atoms with van der Waals surface area (Å²) in [4.78, 5) is 10.5. The van der Waals surface area contributed by atoms with Crippen LogP contribution in [-0.4, -0.2) is 18.0 Å². The number of aromatic nitrogens is 2. The van der Waals surface area contributed by atoms with Crippen molar-refractivity contribution in [2.45, 2.75) is 0 Å². The van der Waals surface area contributed by atoms with E-state index in [1.54, 1.807) is 0 Å². The minimum Gasteiger partial charge on any atom is -0.455 e. The molecular weight excluding hydrogens is 817 g/mol. The average Bonchev–Trinajstić information content (AvgIpc) is 4.16. The van der Waals surface area contributed by atoms with Crippen LogP contribution in [0.4, 0.5) is 0 Å². The highest BCUT2D eigenvalue weighted by atomic mass is 28.3. The van der Waals surface area contributed by atoms with Gasteiger partial charge in [-0.1, -0.05) is 164 Å². The van der Waals surface area contributed by atoms with E-state index in [1.807, 2.05) is 42.7 Å². The molecule has 8 aromatic carbocycles. The Kier molecular flexibility index (Phi) is 7.61. The molecule has 6 nitrogen and oxygen atoms in total. The van der Waals surface area contributed by atoms with Crippen LogP contribution in [0.2, 0.25) is 0 Å². The summed E-state index contributed by atoms with van der Waals surface area (Å²) in [5.41, 5.74) is 9.86. The second-order valence-corrected chi connectivity index (χ2v) is 20.4. The van der Waals surface area contributed by atoms with Crippen LogP contribution in [0.1, 0.15) is 0 Å². The van der Waals surface area contributed by atoms with Crippen molar-refractivity contribution in [3.63, 3.8) is 0 Å². The molecule has 0 spiro atoms. The molecule has 14 rings (SSSR count). The van der Waals surface area contributed by atoms with E-state index < -0.39 is 8.07 Å². The van der Waals surface area contributed by atoms with Gasteiger partial charge in [-0.05, 0) is 45.9 Å². The Morgan fingerprint density at radius 2 is 0.723 bits per heavy atom. The van der Waals surface area contributed by atoms with Crippen molar-refractivity contribution in [3.05, 3.63) is 207 Å². The van der Waals surface area contributed by atoms with Crippen LogP contribution < -0.4 is 20.9 Å². The first-order valence-electron chi connectivity index (χ1n) is 21.8. The van der Waals surface area contributed by atoms with Crippen LogP contribution in [0.3, 0.4) is 0 Å². The van der Waals surface area contributed by atoms with Gasteiger partial charge in [-0.3, -0.25) is 9.97 Å². The number of pyridine rings is 2. The van der Waals surface area contributed by atoms with Crippen molar-refractivity contribution >= 4 is 117 Å². The highest BCUT2D eigenvalue weighted by molar-refractivity contribution is 7.21. The van der Waals surface area contributed by atoms with Gasteiger partial charge < -0.3 is 17.7 Å². The fraction of sp³-hybridized carbons (Fsp3) is 0. The molecule has 0 unspecified atom stereocenters. The summed E-state index contributed by atoms with van der Waals surface area (Å²) in [7, 11) is -3.44. The molecule has 0 saturated carbocycles. The SMILES string of the molecule is c1ccc([Si](c2ccccc2)(c2cccc3c2oc2c(-c4cccc5c4oc4ccccc45)nccc23)c2nccc3c2oc2c(-c4cccc5c4oc4ccccc45)cccc23)cc1. The minimum atomic E-state index is -3.44. The Morgan fingerprint density at radius 3 is 1.35 bits per heavy atom. The van der Waals surface area contributed by atoms with E-state index in [4.69, 9.17) is 27.6 Å². The molecule has 6 heterocycles. The van der Waals surface area contributed by atoms with E-state index in [1.165, 1.54) is 0 Å². The Morgan fingerprint density at radius 1 is 0.292 bits per heavy atom. The lowest BCUT2D eigenvalue weighted by atomic mass is 10.00. The van der Waals surface area contributed by atoms with Gasteiger partial charge in [0.1, 0.15) is 39.2 Å². The van der Waals surface area contributed by atoms with E-state index in [0.29, 0.717) is 5.58 Å². The van der Waals surface area contributed by atoms with Gasteiger partial charge in [0.25, 0.3) is 0 Å². The van der Waals surface area contributed by atoms with Gasteiger partial charge >= 0.3 is 0 Å². The topological polar surface area (TPSA) is 78.3 Å². The second-order valence-electron chi connectivity index (χ2n) is 16.7. The van der Waals surface area contributed by atoms with Gasteiger partial charge in [0.05, 0.1) is 5.32 Å². The summed E-state index contributed by atoms with van der Waals surface area (Å²) in [5.74, 6) is 0. The number of hydrogen-bond acceptors (Lipinski definition) is 6. The Balaban J connectivity index is 1.07. The van der Waals surface area contributed by atoms with E-state index in [2.05, 4.69) is 164 Å². The fourth-order valence-corrected chi connectivity index (χ4v) is 15.4. The molecule has 0 radical (unpaired) electrons. The summed E-state index contributed by atoms with van der Waals surface area (Å²) in [6, 6.07) is 67.7. The molecule has 0 bridgehead atoms. The lowest BCUT2D eigenvalue weighted by molar-refractivity contribution is 0.664. The maximum Gasteiger partial charge on any atom is 0.210 e. The van der Waals surface area contributed by atoms with Crippen molar-refractivity contribution in [2.24, 2.45) is 0 Å². The number of hydrogen-bond donors (Lipinski definition) is 0. The standard InChI is InChI=1S/C58H34N2O4Si/c1-3-15-35(16-4-1)65(36-17-5-2-6-18-36,50-30-14-26-44-45-31-33-59-51(56(45)64-55(44)50)47-27-13-22-40-38-20-8-10-29-49(38)62-54(40)47)58-57-46(32-34-60-58)43-25-12-24-42(53(43)63-57)41-23-11-21-39-37-19-7-9-28-48(37)61-52(39)41/h1-34H. The quantitative estimate of drug-likeness (QED) is 0.122. The third kappa shape index (κ3) is 5.04. The molecule has 0 atom stereocenters. The van der Waals surface area contributed by atoms with Crippen LogP contribution in [-0.2, 0) is 0 Å². The van der Waals surface area contributed by atoms with Gasteiger partial charge in [0, 0.05) is 72.2 Å². The molecule has 304 valence electrons. The maximum atomic E-state index is 7.36. The first-order valence-corrected chi connectivity index (χ1v) is 23.8. The number of nitrogens with zero attached hydrogens (tertiary/aromatic N) is 2. The molecule has 14 aromatic rings. The fourth-order valence-electron chi connectivity index (χ4n) is 10.6. The molecule has 0 amide bonds. The summed E-state index contributed by atoms with van der Waals surface area (Å²) in [6.07, 6.45) is 3.82. The van der Waals surface area contributed by atoms with Crippen LogP contribution >= 0.6 is 0 Å². The number of fused-ring (bicyclic) bond motifs is 12. The van der Waals surface area contributed by atoms with Crippen molar-refractivity contribution in [3.8, 4) is 22.4 Å². The number of para-hydroxylation sites is 6. The predicted octanol–water partition coefficient (Wildman–Crippen LogP) is 12.8. The maximum absolute atomic E-state index is 7.36. The smallest absolute Gasteiger partial charge is 0.210 e. The number of rotatable bonds is 6. The van der Waals surface area contributed by atoms with E-state index in [9.17, 15) is 0 Å². The van der Waals surface area contributed by atoms with Crippen molar-refractivity contribution in [1.82, 2.24) is 9.97 Å². The molecule has 0 aliphatic carbocycles. The summed E-state index contributed by atoms with van der Waals surface area (Å²) >= 11 is 0. The highest BCUT2D eigenvalue weighted by Crippen LogP contribution is 2.43. The highest BCUT2D eigenvalue weighted by Gasteiger charge is 2.47. The van der Waals surface area contributed by atoms with Crippen LogP contribution in [0.5, 0.6) is 0 Å². The van der Waals surface area contributed by atoms with Crippen molar-refractivity contribution in [2.75, 3.05) is 0 Å². The summed E-state index contributed by atoms with van der Waals surface area (Å²) in [6.45, 7) is 0. The van der Waals surface area contributed by atoms with Gasteiger partial charge in [0.15, 0.2) is 11.2 Å². The van der Waals surface area contributed by atoms with Crippen LogP contribution in [0.15, 0.2) is 224 Å². The molecule has 6 aromatic heterocycles.